The second-order valence-corrected chi connectivity index (χ2v) is 6.24. The average Bonchev–Trinajstić information content (AvgIpc) is 2.46. The van der Waals surface area contributed by atoms with E-state index in [1.807, 2.05) is 0 Å². The van der Waals surface area contributed by atoms with E-state index in [9.17, 15) is 0 Å². The van der Waals surface area contributed by atoms with Crippen molar-refractivity contribution in [2.24, 2.45) is 5.41 Å². The van der Waals surface area contributed by atoms with Crippen molar-refractivity contribution >= 4 is 15.9 Å². The van der Waals surface area contributed by atoms with Crippen LogP contribution in [0.5, 0.6) is 0 Å². The molecule has 1 saturated heterocycles. The third-order valence-electron chi connectivity index (χ3n) is 4.42. The molecule has 19 heavy (non-hydrogen) atoms. The maximum atomic E-state index is 5.54. The summed E-state index contributed by atoms with van der Waals surface area (Å²) in [5, 5.41) is 1.08. The van der Waals surface area contributed by atoms with Crippen LogP contribution in [0.2, 0.25) is 0 Å². The van der Waals surface area contributed by atoms with Crippen LogP contribution < -0.4 is 0 Å². The topological polar surface area (TPSA) is 21.7 Å². The largest absolute Gasteiger partial charge is 0.383 e. The maximum Gasteiger partial charge on any atom is 0.0589 e. The summed E-state index contributed by atoms with van der Waals surface area (Å²) in [5.41, 5.74) is 0.384. The van der Waals surface area contributed by atoms with Crippen LogP contribution in [0, 0.1) is 5.41 Å². The molecule has 0 spiro atoms. The van der Waals surface area contributed by atoms with E-state index < -0.39 is 0 Å². The molecule has 1 aliphatic rings. The standard InChI is InChI=1S/C15H30BrNO2/c1-4-14(5-2)17(8-11-18-3)13-15(12-16)6-9-19-10-7-15/h14H,4-13H2,1-3H3. The lowest BCUT2D eigenvalue weighted by Crippen LogP contribution is -2.47. The van der Waals surface area contributed by atoms with Gasteiger partial charge in [-0.3, -0.25) is 4.90 Å². The number of nitrogens with zero attached hydrogens (tertiary/aromatic N) is 1. The molecule has 114 valence electrons. The predicted octanol–water partition coefficient (Wildman–Crippen LogP) is 3.32. The molecular formula is C15H30BrNO2. The highest BCUT2D eigenvalue weighted by Gasteiger charge is 2.34. The summed E-state index contributed by atoms with van der Waals surface area (Å²) in [7, 11) is 1.79. The van der Waals surface area contributed by atoms with Gasteiger partial charge in [0.1, 0.15) is 0 Å². The fourth-order valence-electron chi connectivity index (χ4n) is 2.97. The van der Waals surface area contributed by atoms with Crippen molar-refractivity contribution in [1.82, 2.24) is 4.90 Å². The van der Waals surface area contributed by atoms with Gasteiger partial charge in [0.15, 0.2) is 0 Å². The van der Waals surface area contributed by atoms with Crippen LogP contribution in [0.1, 0.15) is 39.5 Å². The molecule has 0 N–H and O–H groups in total. The number of hydrogen-bond acceptors (Lipinski definition) is 3. The highest BCUT2D eigenvalue weighted by molar-refractivity contribution is 9.09. The molecule has 0 radical (unpaired) electrons. The van der Waals surface area contributed by atoms with Gasteiger partial charge < -0.3 is 9.47 Å². The van der Waals surface area contributed by atoms with Crippen molar-refractivity contribution in [1.29, 1.82) is 0 Å². The molecule has 1 heterocycles. The second-order valence-electron chi connectivity index (χ2n) is 5.68. The summed E-state index contributed by atoms with van der Waals surface area (Å²) in [5.74, 6) is 0. The van der Waals surface area contributed by atoms with E-state index in [-0.39, 0.29) is 0 Å². The molecule has 1 fully saturated rings. The summed E-state index contributed by atoms with van der Waals surface area (Å²) >= 11 is 3.74. The van der Waals surface area contributed by atoms with Gasteiger partial charge in [0.2, 0.25) is 0 Å². The van der Waals surface area contributed by atoms with Crippen molar-refractivity contribution in [3.8, 4) is 0 Å². The Morgan fingerprint density at radius 3 is 2.37 bits per heavy atom. The lowest BCUT2D eigenvalue weighted by atomic mass is 9.81. The normalized spacial score (nSPS) is 19.3. The Hall–Kier alpha value is 0.360. The first-order chi connectivity index (χ1) is 9.21. The van der Waals surface area contributed by atoms with Crippen molar-refractivity contribution in [2.75, 3.05) is 45.4 Å². The monoisotopic (exact) mass is 335 g/mol. The van der Waals surface area contributed by atoms with E-state index in [1.54, 1.807) is 7.11 Å². The molecule has 3 nitrogen and oxygen atoms in total. The number of rotatable bonds is 9. The molecule has 1 rings (SSSR count). The molecule has 0 aromatic rings. The van der Waals surface area contributed by atoms with E-state index in [0.29, 0.717) is 11.5 Å². The molecule has 1 aliphatic heterocycles. The zero-order valence-corrected chi connectivity index (χ0v) is 14.4. The SMILES string of the molecule is CCC(CC)N(CCOC)CC1(CBr)CCOCC1. The third-order valence-corrected chi connectivity index (χ3v) is 5.61. The summed E-state index contributed by atoms with van der Waals surface area (Å²) in [4.78, 5) is 2.64. The second kappa shape index (κ2) is 9.32. The van der Waals surface area contributed by atoms with Crippen molar-refractivity contribution in [3.63, 3.8) is 0 Å². The van der Waals surface area contributed by atoms with Crippen LogP contribution in [-0.4, -0.2) is 56.3 Å². The predicted molar refractivity (Wildman–Crippen MR) is 84.1 cm³/mol. The Kier molecular flexibility index (Phi) is 8.54. The molecule has 0 bridgehead atoms. The fourth-order valence-corrected chi connectivity index (χ4v) is 3.71. The van der Waals surface area contributed by atoms with Gasteiger partial charge in [0.05, 0.1) is 6.61 Å². The van der Waals surface area contributed by atoms with Crippen LogP contribution in [0.4, 0.5) is 0 Å². The Balaban J connectivity index is 2.67. The maximum absolute atomic E-state index is 5.54. The third kappa shape index (κ3) is 5.33. The minimum atomic E-state index is 0.384. The van der Waals surface area contributed by atoms with Crippen LogP contribution in [-0.2, 0) is 9.47 Å². The molecule has 0 aliphatic carbocycles. The van der Waals surface area contributed by atoms with Gasteiger partial charge in [-0.05, 0) is 31.1 Å². The van der Waals surface area contributed by atoms with Crippen molar-refractivity contribution in [3.05, 3.63) is 0 Å². The summed E-state index contributed by atoms with van der Waals surface area (Å²) < 4.78 is 10.8. The Bertz CT molecular complexity index is 228. The van der Waals surface area contributed by atoms with Crippen LogP contribution in [0.3, 0.4) is 0 Å². The zero-order valence-electron chi connectivity index (χ0n) is 12.8. The first kappa shape index (κ1) is 17.4. The molecule has 0 aromatic heterocycles. The Morgan fingerprint density at radius 2 is 1.89 bits per heavy atom. The summed E-state index contributed by atoms with van der Waals surface area (Å²) in [6.07, 6.45) is 4.77. The average molecular weight is 336 g/mol. The smallest absolute Gasteiger partial charge is 0.0589 e. The summed E-state index contributed by atoms with van der Waals surface area (Å²) in [6.45, 7) is 9.43. The van der Waals surface area contributed by atoms with Crippen molar-refractivity contribution in [2.45, 2.75) is 45.6 Å². The van der Waals surface area contributed by atoms with Gasteiger partial charge in [-0.1, -0.05) is 29.8 Å². The molecular weight excluding hydrogens is 306 g/mol. The van der Waals surface area contributed by atoms with Gasteiger partial charge in [0, 0.05) is 44.8 Å². The molecule has 4 heteroatoms. The Morgan fingerprint density at radius 1 is 1.26 bits per heavy atom. The van der Waals surface area contributed by atoms with E-state index >= 15 is 0 Å². The number of ether oxygens (including phenoxy) is 2. The molecule has 0 amide bonds. The van der Waals surface area contributed by atoms with Crippen LogP contribution >= 0.6 is 15.9 Å². The first-order valence-electron chi connectivity index (χ1n) is 7.58. The van der Waals surface area contributed by atoms with Crippen LogP contribution in [0.25, 0.3) is 0 Å². The fraction of sp³-hybridized carbons (Fsp3) is 1.00. The number of methoxy groups -OCH3 is 1. The lowest BCUT2D eigenvalue weighted by molar-refractivity contribution is -0.00538. The highest BCUT2D eigenvalue weighted by Crippen LogP contribution is 2.34. The number of halogens is 1. The molecule has 0 unspecified atom stereocenters. The number of hydrogen-bond donors (Lipinski definition) is 0. The van der Waals surface area contributed by atoms with Gasteiger partial charge in [-0.2, -0.15) is 0 Å². The zero-order chi connectivity index (χ0) is 14.1. The van der Waals surface area contributed by atoms with Gasteiger partial charge >= 0.3 is 0 Å². The Labute approximate surface area is 127 Å². The highest BCUT2D eigenvalue weighted by atomic mass is 79.9. The molecule has 0 atom stereocenters. The minimum absolute atomic E-state index is 0.384. The quantitative estimate of drug-likeness (QED) is 0.603. The lowest BCUT2D eigenvalue weighted by Gasteiger charge is -2.42. The molecule has 0 aromatic carbocycles. The van der Waals surface area contributed by atoms with E-state index in [2.05, 4.69) is 34.7 Å². The molecule has 0 saturated carbocycles. The van der Waals surface area contributed by atoms with Gasteiger partial charge in [-0.15, -0.1) is 0 Å². The minimum Gasteiger partial charge on any atom is -0.383 e. The van der Waals surface area contributed by atoms with E-state index in [1.165, 1.54) is 25.7 Å². The van der Waals surface area contributed by atoms with E-state index in [4.69, 9.17) is 9.47 Å². The summed E-state index contributed by atoms with van der Waals surface area (Å²) in [6, 6.07) is 0.675. The van der Waals surface area contributed by atoms with Crippen molar-refractivity contribution < 1.29 is 9.47 Å². The van der Waals surface area contributed by atoms with E-state index in [0.717, 1.165) is 38.2 Å². The van der Waals surface area contributed by atoms with Gasteiger partial charge in [0.25, 0.3) is 0 Å². The van der Waals surface area contributed by atoms with Gasteiger partial charge in [-0.25, -0.2) is 0 Å². The first-order valence-corrected chi connectivity index (χ1v) is 8.70. The van der Waals surface area contributed by atoms with Crippen LogP contribution in [0.15, 0.2) is 0 Å². The number of alkyl halides is 1.